The molecular weight excluding hydrogens is 400 g/mol. The Morgan fingerprint density at radius 1 is 1.31 bits per heavy atom. The lowest BCUT2D eigenvalue weighted by Gasteiger charge is -2.05. The van der Waals surface area contributed by atoms with Crippen LogP contribution in [0.1, 0.15) is 15.2 Å². The van der Waals surface area contributed by atoms with Gasteiger partial charge in [-0.2, -0.15) is 0 Å². The number of hydrogen-bond donors (Lipinski definition) is 1. The summed E-state index contributed by atoms with van der Waals surface area (Å²) in [5.41, 5.74) is 0.522. The third-order valence-corrected chi connectivity index (χ3v) is 5.96. The molecule has 134 valence electrons. The first kappa shape index (κ1) is 18.3. The molecule has 0 saturated carbocycles. The van der Waals surface area contributed by atoms with E-state index < -0.39 is 16.8 Å². The van der Waals surface area contributed by atoms with E-state index in [1.807, 2.05) is 24.3 Å². The third-order valence-electron chi connectivity index (χ3n) is 3.35. The smallest absolute Gasteiger partial charge is 0.325 e. The molecule has 26 heavy (non-hydrogen) atoms. The van der Waals surface area contributed by atoms with Crippen LogP contribution in [0.4, 0.5) is 5.00 Å². The van der Waals surface area contributed by atoms with E-state index in [9.17, 15) is 19.7 Å². The van der Waals surface area contributed by atoms with Gasteiger partial charge in [-0.3, -0.25) is 19.7 Å². The van der Waals surface area contributed by atoms with Crippen molar-refractivity contribution in [3.8, 4) is 0 Å². The van der Waals surface area contributed by atoms with Crippen LogP contribution in [-0.2, 0) is 16.1 Å². The first-order chi connectivity index (χ1) is 12.5. The van der Waals surface area contributed by atoms with Crippen LogP contribution in [0.5, 0.6) is 0 Å². The fourth-order valence-electron chi connectivity index (χ4n) is 2.14. The molecule has 3 aromatic rings. The monoisotopic (exact) mass is 410 g/mol. The number of benzene rings is 1. The lowest BCUT2D eigenvalue weighted by Crippen LogP contribution is -2.30. The first-order valence-corrected chi connectivity index (χ1v) is 9.36. The number of thiophene rings is 2. The Kier molecular flexibility index (Phi) is 5.50. The number of esters is 1. The van der Waals surface area contributed by atoms with Crippen molar-refractivity contribution >= 4 is 61.2 Å². The van der Waals surface area contributed by atoms with Gasteiger partial charge in [-0.05, 0) is 6.07 Å². The summed E-state index contributed by atoms with van der Waals surface area (Å²) in [4.78, 5) is 34.4. The van der Waals surface area contributed by atoms with Crippen molar-refractivity contribution in [3.63, 3.8) is 0 Å². The minimum Gasteiger partial charge on any atom is -0.459 e. The zero-order valence-electron chi connectivity index (χ0n) is 13.1. The second-order valence-corrected chi connectivity index (χ2v) is 7.45. The zero-order valence-corrected chi connectivity index (χ0v) is 15.5. The van der Waals surface area contributed by atoms with E-state index in [0.717, 1.165) is 21.4 Å². The number of nitro groups is 1. The third kappa shape index (κ3) is 4.01. The normalized spacial score (nSPS) is 10.7. The number of rotatable bonds is 6. The van der Waals surface area contributed by atoms with Crippen molar-refractivity contribution in [1.29, 1.82) is 0 Å². The maximum absolute atomic E-state index is 12.2. The summed E-state index contributed by atoms with van der Waals surface area (Å²) in [5, 5.41) is 15.7. The standard InChI is InChI=1S/C16H11ClN2O5S2/c17-14-10-3-1-2-4-11(10)26-15(14)16(21)18-6-13(20)24-7-9-5-12(19(22)23)25-8-9/h1-5,8H,6-7H2,(H,18,21). The molecule has 1 N–H and O–H groups in total. The van der Waals surface area contributed by atoms with Crippen LogP contribution in [0.15, 0.2) is 35.7 Å². The Morgan fingerprint density at radius 2 is 2.08 bits per heavy atom. The van der Waals surface area contributed by atoms with E-state index >= 15 is 0 Å². The Bertz CT molecular complexity index is 998. The van der Waals surface area contributed by atoms with Crippen LogP contribution < -0.4 is 5.32 Å². The highest BCUT2D eigenvalue weighted by molar-refractivity contribution is 7.21. The van der Waals surface area contributed by atoms with E-state index in [4.69, 9.17) is 16.3 Å². The number of carbonyl (C=O) groups excluding carboxylic acids is 2. The lowest BCUT2D eigenvalue weighted by atomic mass is 10.2. The van der Waals surface area contributed by atoms with Crippen molar-refractivity contribution in [3.05, 3.63) is 61.3 Å². The summed E-state index contributed by atoms with van der Waals surface area (Å²) >= 11 is 8.41. The van der Waals surface area contributed by atoms with Gasteiger partial charge in [0, 0.05) is 27.1 Å². The molecule has 0 unspecified atom stereocenters. The van der Waals surface area contributed by atoms with Gasteiger partial charge < -0.3 is 10.1 Å². The van der Waals surface area contributed by atoms with Crippen molar-refractivity contribution in [2.75, 3.05) is 6.54 Å². The van der Waals surface area contributed by atoms with Crippen molar-refractivity contribution in [1.82, 2.24) is 5.32 Å². The molecular formula is C16H11ClN2O5S2. The van der Waals surface area contributed by atoms with Crippen LogP contribution in [0.2, 0.25) is 5.02 Å². The average molecular weight is 411 g/mol. The Hall–Kier alpha value is -2.49. The van der Waals surface area contributed by atoms with Gasteiger partial charge in [-0.15, -0.1) is 11.3 Å². The number of amides is 1. The zero-order chi connectivity index (χ0) is 18.7. The molecule has 7 nitrogen and oxygen atoms in total. The number of nitrogens with zero attached hydrogens (tertiary/aromatic N) is 1. The quantitative estimate of drug-likeness (QED) is 0.376. The van der Waals surface area contributed by atoms with Crippen LogP contribution >= 0.6 is 34.3 Å². The molecule has 0 saturated heterocycles. The minimum absolute atomic E-state index is 0.0243. The second kappa shape index (κ2) is 7.81. The fourth-order valence-corrected chi connectivity index (χ4v) is 4.29. The molecule has 10 heteroatoms. The van der Waals surface area contributed by atoms with E-state index in [0.29, 0.717) is 15.5 Å². The van der Waals surface area contributed by atoms with Gasteiger partial charge in [0.25, 0.3) is 5.91 Å². The summed E-state index contributed by atoms with van der Waals surface area (Å²) in [6.07, 6.45) is 0. The molecule has 3 rings (SSSR count). The average Bonchev–Trinajstić information content (AvgIpc) is 3.23. The molecule has 0 aliphatic carbocycles. The summed E-state index contributed by atoms with van der Waals surface area (Å²) in [7, 11) is 0. The summed E-state index contributed by atoms with van der Waals surface area (Å²) in [6.45, 7) is -0.418. The van der Waals surface area contributed by atoms with Gasteiger partial charge in [-0.25, -0.2) is 0 Å². The highest BCUT2D eigenvalue weighted by Gasteiger charge is 2.18. The van der Waals surface area contributed by atoms with Crippen molar-refractivity contribution < 1.29 is 19.2 Å². The second-order valence-electron chi connectivity index (χ2n) is 5.13. The largest absolute Gasteiger partial charge is 0.459 e. The minimum atomic E-state index is -0.649. The highest BCUT2D eigenvalue weighted by atomic mass is 35.5. The molecule has 1 amide bonds. The van der Waals surface area contributed by atoms with Gasteiger partial charge in [0.2, 0.25) is 0 Å². The molecule has 2 heterocycles. The van der Waals surface area contributed by atoms with E-state index in [1.54, 1.807) is 5.38 Å². The summed E-state index contributed by atoms with van der Waals surface area (Å²) < 4.78 is 5.88. The van der Waals surface area contributed by atoms with Gasteiger partial charge >= 0.3 is 11.0 Å². The Labute approximate surface area is 160 Å². The number of hydrogen-bond acceptors (Lipinski definition) is 7. The number of ether oxygens (including phenoxy) is 1. The molecule has 0 bridgehead atoms. The van der Waals surface area contributed by atoms with E-state index in [2.05, 4.69) is 5.32 Å². The van der Waals surface area contributed by atoms with Gasteiger partial charge in [0.1, 0.15) is 18.0 Å². The van der Waals surface area contributed by atoms with Crippen molar-refractivity contribution in [2.24, 2.45) is 0 Å². The maximum Gasteiger partial charge on any atom is 0.325 e. The van der Waals surface area contributed by atoms with Gasteiger partial charge in [0.05, 0.1) is 9.95 Å². The van der Waals surface area contributed by atoms with Crippen LogP contribution in [-0.4, -0.2) is 23.3 Å². The Morgan fingerprint density at radius 3 is 2.77 bits per heavy atom. The number of nitrogens with one attached hydrogen (secondary N) is 1. The predicted molar refractivity (Wildman–Crippen MR) is 99.9 cm³/mol. The summed E-state index contributed by atoms with van der Waals surface area (Å²) in [5.74, 6) is -1.11. The molecule has 0 aliphatic rings. The molecule has 0 aliphatic heterocycles. The lowest BCUT2D eigenvalue weighted by molar-refractivity contribution is -0.380. The van der Waals surface area contributed by atoms with Crippen LogP contribution in [0, 0.1) is 10.1 Å². The molecule has 0 radical (unpaired) electrons. The molecule has 1 aromatic carbocycles. The molecule has 2 aromatic heterocycles. The Balaban J connectivity index is 1.54. The van der Waals surface area contributed by atoms with E-state index in [1.165, 1.54) is 17.4 Å². The maximum atomic E-state index is 12.2. The number of fused-ring (bicyclic) bond motifs is 1. The highest BCUT2D eigenvalue weighted by Crippen LogP contribution is 2.34. The topological polar surface area (TPSA) is 98.5 Å². The number of carbonyl (C=O) groups is 2. The van der Waals surface area contributed by atoms with Crippen LogP contribution in [0.3, 0.4) is 0 Å². The van der Waals surface area contributed by atoms with E-state index in [-0.39, 0.29) is 18.2 Å². The molecule has 0 atom stereocenters. The van der Waals surface area contributed by atoms with Crippen LogP contribution in [0.25, 0.3) is 10.1 Å². The van der Waals surface area contributed by atoms with Gasteiger partial charge in [0.15, 0.2) is 0 Å². The SMILES string of the molecule is O=C(CNC(=O)c1sc2ccccc2c1Cl)OCc1csc([N+](=O)[O-])c1. The fraction of sp³-hybridized carbons (Fsp3) is 0.125. The van der Waals surface area contributed by atoms with Gasteiger partial charge in [-0.1, -0.05) is 41.1 Å². The molecule has 0 spiro atoms. The molecule has 0 fully saturated rings. The number of halogens is 1. The predicted octanol–water partition coefficient (Wildman–Crippen LogP) is 4.00. The van der Waals surface area contributed by atoms with Crippen molar-refractivity contribution in [2.45, 2.75) is 6.61 Å². The first-order valence-electron chi connectivity index (χ1n) is 7.28. The summed E-state index contributed by atoms with van der Waals surface area (Å²) in [6, 6.07) is 8.70.